The second-order valence-corrected chi connectivity index (χ2v) is 6.19. The normalized spacial score (nSPS) is 11.8. The third-order valence-corrected chi connectivity index (χ3v) is 4.58. The summed E-state index contributed by atoms with van der Waals surface area (Å²) in [6.07, 6.45) is 4.92. The summed E-state index contributed by atoms with van der Waals surface area (Å²) in [5.41, 5.74) is 2.34. The predicted octanol–water partition coefficient (Wildman–Crippen LogP) is 2.81. The number of H-pyrrole nitrogens is 1. The van der Waals surface area contributed by atoms with E-state index >= 15 is 0 Å². The SMILES string of the molecule is COC(=O)c1cc(C(=O)N[C@H](C)c2nc(-c3cccnc3)cs2)c[nH]1. The van der Waals surface area contributed by atoms with Crippen molar-refractivity contribution in [3.63, 3.8) is 0 Å². The first-order valence-electron chi connectivity index (χ1n) is 7.52. The minimum Gasteiger partial charge on any atom is -0.464 e. The second-order valence-electron chi connectivity index (χ2n) is 5.30. The number of ether oxygens (including phenoxy) is 1. The molecule has 0 spiro atoms. The molecule has 3 aromatic rings. The molecule has 0 aliphatic heterocycles. The number of hydrogen-bond acceptors (Lipinski definition) is 6. The molecule has 7 nitrogen and oxygen atoms in total. The summed E-state index contributed by atoms with van der Waals surface area (Å²) in [6, 6.07) is 4.98. The molecule has 128 valence electrons. The van der Waals surface area contributed by atoms with Gasteiger partial charge in [0.25, 0.3) is 5.91 Å². The van der Waals surface area contributed by atoms with Crippen LogP contribution in [0.25, 0.3) is 11.3 Å². The average molecular weight is 356 g/mol. The van der Waals surface area contributed by atoms with E-state index in [1.165, 1.54) is 30.7 Å². The van der Waals surface area contributed by atoms with E-state index in [9.17, 15) is 9.59 Å². The second kappa shape index (κ2) is 7.27. The van der Waals surface area contributed by atoms with Crippen LogP contribution in [-0.2, 0) is 4.74 Å². The van der Waals surface area contributed by atoms with Crippen LogP contribution >= 0.6 is 11.3 Å². The maximum atomic E-state index is 12.3. The first kappa shape index (κ1) is 16.8. The number of hydrogen-bond donors (Lipinski definition) is 2. The number of rotatable bonds is 5. The largest absolute Gasteiger partial charge is 0.464 e. The Morgan fingerprint density at radius 2 is 2.24 bits per heavy atom. The van der Waals surface area contributed by atoms with Crippen molar-refractivity contribution >= 4 is 23.2 Å². The molecule has 3 rings (SSSR count). The molecule has 8 heteroatoms. The summed E-state index contributed by atoms with van der Waals surface area (Å²) in [5.74, 6) is -0.815. The number of esters is 1. The van der Waals surface area contributed by atoms with Crippen molar-refractivity contribution in [3.8, 4) is 11.3 Å². The minimum atomic E-state index is -0.520. The van der Waals surface area contributed by atoms with E-state index in [1.54, 1.807) is 12.4 Å². The van der Waals surface area contributed by atoms with Crippen molar-refractivity contribution < 1.29 is 14.3 Å². The van der Waals surface area contributed by atoms with Gasteiger partial charge in [0, 0.05) is 29.5 Å². The Morgan fingerprint density at radius 1 is 1.40 bits per heavy atom. The summed E-state index contributed by atoms with van der Waals surface area (Å²) in [4.78, 5) is 35.1. The number of pyridine rings is 1. The average Bonchev–Trinajstić information content (AvgIpc) is 3.31. The minimum absolute atomic E-state index is 0.230. The van der Waals surface area contributed by atoms with Crippen molar-refractivity contribution in [2.45, 2.75) is 13.0 Å². The predicted molar refractivity (Wildman–Crippen MR) is 93.4 cm³/mol. The van der Waals surface area contributed by atoms with E-state index in [-0.39, 0.29) is 17.6 Å². The van der Waals surface area contributed by atoms with Crippen LogP contribution in [0, 0.1) is 0 Å². The fourth-order valence-corrected chi connectivity index (χ4v) is 3.06. The highest BCUT2D eigenvalue weighted by Gasteiger charge is 2.18. The molecule has 2 N–H and O–H groups in total. The lowest BCUT2D eigenvalue weighted by molar-refractivity contribution is 0.0595. The molecule has 0 saturated heterocycles. The quantitative estimate of drug-likeness (QED) is 0.685. The summed E-state index contributed by atoms with van der Waals surface area (Å²) >= 11 is 1.47. The van der Waals surface area contributed by atoms with Gasteiger partial charge in [0.15, 0.2) is 0 Å². The topological polar surface area (TPSA) is 97.0 Å². The van der Waals surface area contributed by atoms with Gasteiger partial charge < -0.3 is 15.0 Å². The number of thiazole rings is 1. The van der Waals surface area contributed by atoms with E-state index in [4.69, 9.17) is 0 Å². The summed E-state index contributed by atoms with van der Waals surface area (Å²) in [5, 5.41) is 5.59. The number of aromatic amines is 1. The maximum Gasteiger partial charge on any atom is 0.354 e. The zero-order valence-electron chi connectivity index (χ0n) is 13.6. The number of amides is 1. The van der Waals surface area contributed by atoms with Crippen molar-refractivity contribution in [3.05, 3.63) is 58.4 Å². The van der Waals surface area contributed by atoms with Gasteiger partial charge in [-0.1, -0.05) is 0 Å². The van der Waals surface area contributed by atoms with Gasteiger partial charge in [-0.3, -0.25) is 9.78 Å². The van der Waals surface area contributed by atoms with E-state index in [1.807, 2.05) is 24.4 Å². The molecule has 25 heavy (non-hydrogen) atoms. The number of aromatic nitrogens is 3. The van der Waals surface area contributed by atoms with E-state index in [0.29, 0.717) is 5.56 Å². The molecule has 1 amide bonds. The van der Waals surface area contributed by atoms with Crippen molar-refractivity contribution in [1.82, 2.24) is 20.3 Å². The number of carbonyl (C=O) groups is 2. The molecule has 0 aliphatic rings. The van der Waals surface area contributed by atoms with Gasteiger partial charge in [0.1, 0.15) is 10.7 Å². The third kappa shape index (κ3) is 3.74. The van der Waals surface area contributed by atoms with Crippen LogP contribution in [0.3, 0.4) is 0 Å². The highest BCUT2D eigenvalue weighted by Crippen LogP contribution is 2.25. The molecule has 0 aromatic carbocycles. The van der Waals surface area contributed by atoms with E-state index in [0.717, 1.165) is 16.3 Å². The van der Waals surface area contributed by atoms with Crippen molar-refractivity contribution in [2.24, 2.45) is 0 Å². The van der Waals surface area contributed by atoms with Crippen molar-refractivity contribution in [2.75, 3.05) is 7.11 Å². The molecule has 0 radical (unpaired) electrons. The lowest BCUT2D eigenvalue weighted by atomic mass is 10.2. The van der Waals surface area contributed by atoms with Crippen molar-refractivity contribution in [1.29, 1.82) is 0 Å². The zero-order chi connectivity index (χ0) is 17.8. The zero-order valence-corrected chi connectivity index (χ0v) is 14.5. The van der Waals surface area contributed by atoms with Crippen LogP contribution in [0.5, 0.6) is 0 Å². The molecule has 0 saturated carbocycles. The lowest BCUT2D eigenvalue weighted by Crippen LogP contribution is -2.26. The molecular formula is C17H16N4O3S. The molecule has 3 aromatic heterocycles. The van der Waals surface area contributed by atoms with Gasteiger partial charge in [-0.15, -0.1) is 11.3 Å². The molecule has 1 atom stereocenters. The Morgan fingerprint density at radius 3 is 2.96 bits per heavy atom. The Balaban J connectivity index is 1.69. The number of methoxy groups -OCH3 is 1. The first-order chi connectivity index (χ1) is 12.1. The van der Waals surface area contributed by atoms with Crippen LogP contribution in [-0.4, -0.2) is 33.9 Å². The third-order valence-electron chi connectivity index (χ3n) is 3.55. The Hall–Kier alpha value is -3.00. The summed E-state index contributed by atoms with van der Waals surface area (Å²) in [6.45, 7) is 1.86. The number of nitrogens with one attached hydrogen (secondary N) is 2. The van der Waals surface area contributed by atoms with Crippen LogP contribution in [0.2, 0.25) is 0 Å². The molecule has 0 unspecified atom stereocenters. The van der Waals surface area contributed by atoms with Gasteiger partial charge in [-0.2, -0.15) is 0 Å². The van der Waals surface area contributed by atoms with E-state index in [2.05, 4.69) is 25.0 Å². The van der Waals surface area contributed by atoms with Gasteiger partial charge in [0.05, 0.1) is 24.4 Å². The first-order valence-corrected chi connectivity index (χ1v) is 8.40. The standard InChI is InChI=1S/C17H16N4O3S/c1-10(16-21-14(9-25-16)11-4-3-5-18-7-11)20-15(22)12-6-13(19-8-12)17(23)24-2/h3-10,19H,1-2H3,(H,20,22)/t10-/m1/s1. The Bertz CT molecular complexity index is 888. The molecule has 0 bridgehead atoms. The molecular weight excluding hydrogens is 340 g/mol. The molecule has 0 aliphatic carbocycles. The Kier molecular flexibility index (Phi) is 4.90. The highest BCUT2D eigenvalue weighted by atomic mass is 32.1. The highest BCUT2D eigenvalue weighted by molar-refractivity contribution is 7.10. The smallest absolute Gasteiger partial charge is 0.354 e. The van der Waals surface area contributed by atoms with Crippen LogP contribution in [0.4, 0.5) is 0 Å². The van der Waals surface area contributed by atoms with Gasteiger partial charge in [-0.25, -0.2) is 9.78 Å². The summed E-state index contributed by atoms with van der Waals surface area (Å²) < 4.78 is 4.61. The monoisotopic (exact) mass is 356 g/mol. The van der Waals surface area contributed by atoms with Crippen LogP contribution in [0.15, 0.2) is 42.2 Å². The van der Waals surface area contributed by atoms with Gasteiger partial charge >= 0.3 is 5.97 Å². The number of carbonyl (C=O) groups excluding carboxylic acids is 2. The fourth-order valence-electron chi connectivity index (χ4n) is 2.23. The molecule has 3 heterocycles. The molecule has 0 fully saturated rings. The lowest BCUT2D eigenvalue weighted by Gasteiger charge is -2.10. The van der Waals surface area contributed by atoms with Gasteiger partial charge in [0.2, 0.25) is 0 Å². The van der Waals surface area contributed by atoms with E-state index < -0.39 is 5.97 Å². The summed E-state index contributed by atoms with van der Waals surface area (Å²) in [7, 11) is 1.29. The van der Waals surface area contributed by atoms with Crippen LogP contribution in [0.1, 0.15) is 38.8 Å². The number of nitrogens with zero attached hydrogens (tertiary/aromatic N) is 2. The van der Waals surface area contributed by atoms with Crippen LogP contribution < -0.4 is 5.32 Å². The van der Waals surface area contributed by atoms with Gasteiger partial charge in [-0.05, 0) is 25.1 Å². The fraction of sp³-hybridized carbons (Fsp3) is 0.176. The Labute approximate surface area is 148 Å². The maximum absolute atomic E-state index is 12.3.